The highest BCUT2D eigenvalue weighted by molar-refractivity contribution is 5.88. The summed E-state index contributed by atoms with van der Waals surface area (Å²) in [6.07, 6.45) is 5.87. The molecule has 0 saturated heterocycles. The van der Waals surface area contributed by atoms with Crippen LogP contribution in [0.25, 0.3) is 11.6 Å². The molecule has 1 aromatic heterocycles. The van der Waals surface area contributed by atoms with E-state index in [-0.39, 0.29) is 0 Å². The van der Waals surface area contributed by atoms with Gasteiger partial charge in [0.25, 0.3) is 0 Å². The molecule has 0 bridgehead atoms. The van der Waals surface area contributed by atoms with E-state index < -0.39 is 0 Å². The molecule has 0 unspecified atom stereocenters. The maximum atomic E-state index is 9.36. The van der Waals surface area contributed by atoms with Gasteiger partial charge in [-0.15, -0.1) is 0 Å². The molecule has 0 aliphatic carbocycles. The Morgan fingerprint density at radius 2 is 1.78 bits per heavy atom. The predicted molar refractivity (Wildman–Crippen MR) is 97.0 cm³/mol. The van der Waals surface area contributed by atoms with E-state index in [9.17, 15) is 5.26 Å². The van der Waals surface area contributed by atoms with Crippen LogP contribution in [0.1, 0.15) is 37.9 Å². The Kier molecular flexibility index (Phi) is 6.38. The number of anilines is 1. The largest absolute Gasteiger partial charge is 0.372 e. The van der Waals surface area contributed by atoms with Gasteiger partial charge in [-0.05, 0) is 48.7 Å². The van der Waals surface area contributed by atoms with Crippen LogP contribution in [0.5, 0.6) is 0 Å². The van der Waals surface area contributed by atoms with Crippen LogP contribution < -0.4 is 4.90 Å². The van der Waals surface area contributed by atoms with E-state index in [0.717, 1.165) is 31.5 Å². The van der Waals surface area contributed by atoms with Crippen LogP contribution in [0, 0.1) is 11.3 Å². The highest BCUT2D eigenvalue weighted by Crippen LogP contribution is 2.20. The first-order valence-corrected chi connectivity index (χ1v) is 8.16. The normalized spacial score (nSPS) is 11.1. The molecule has 1 heterocycles. The molecule has 0 fully saturated rings. The molecule has 0 N–H and O–H groups in total. The zero-order chi connectivity index (χ0) is 16.5. The van der Waals surface area contributed by atoms with Crippen molar-refractivity contribution in [1.82, 2.24) is 4.98 Å². The van der Waals surface area contributed by atoms with Crippen LogP contribution >= 0.6 is 0 Å². The fourth-order valence-electron chi connectivity index (χ4n) is 2.54. The number of hydrogen-bond acceptors (Lipinski definition) is 3. The molecular formula is C20H23N3. The van der Waals surface area contributed by atoms with Crippen molar-refractivity contribution in [3.63, 3.8) is 0 Å². The van der Waals surface area contributed by atoms with Crippen molar-refractivity contribution < 1.29 is 0 Å². The van der Waals surface area contributed by atoms with Gasteiger partial charge >= 0.3 is 0 Å². The lowest BCUT2D eigenvalue weighted by Gasteiger charge is -2.23. The molecule has 2 aromatic rings. The molecule has 0 amide bonds. The van der Waals surface area contributed by atoms with E-state index in [0.29, 0.717) is 11.3 Å². The first kappa shape index (κ1) is 16.8. The van der Waals surface area contributed by atoms with Crippen molar-refractivity contribution in [1.29, 1.82) is 5.26 Å². The number of rotatable bonds is 7. The van der Waals surface area contributed by atoms with E-state index in [1.807, 2.05) is 24.3 Å². The highest BCUT2D eigenvalue weighted by Gasteiger charge is 2.05. The molecule has 3 heteroatoms. The van der Waals surface area contributed by atoms with E-state index in [2.05, 4.69) is 54.1 Å². The average molecular weight is 305 g/mol. The van der Waals surface area contributed by atoms with Crippen molar-refractivity contribution in [2.24, 2.45) is 0 Å². The number of nitriles is 1. The summed E-state index contributed by atoms with van der Waals surface area (Å²) in [6.45, 7) is 6.54. The fourth-order valence-corrected chi connectivity index (χ4v) is 2.54. The number of pyridine rings is 1. The summed E-state index contributed by atoms with van der Waals surface area (Å²) in [6, 6.07) is 16.2. The lowest BCUT2D eigenvalue weighted by atomic mass is 10.1. The molecule has 0 aliphatic heterocycles. The fraction of sp³-hybridized carbons (Fsp3) is 0.300. The van der Waals surface area contributed by atoms with Gasteiger partial charge in [0.1, 0.15) is 6.07 Å². The number of nitrogens with zero attached hydrogens (tertiary/aromatic N) is 3. The van der Waals surface area contributed by atoms with Crippen molar-refractivity contribution >= 4 is 17.3 Å². The summed E-state index contributed by atoms with van der Waals surface area (Å²) in [7, 11) is 0. The number of aromatic nitrogens is 1. The minimum atomic E-state index is 0.581. The van der Waals surface area contributed by atoms with Gasteiger partial charge in [-0.1, -0.05) is 32.0 Å². The van der Waals surface area contributed by atoms with E-state index in [4.69, 9.17) is 0 Å². The Balaban J connectivity index is 2.21. The molecule has 23 heavy (non-hydrogen) atoms. The van der Waals surface area contributed by atoms with Crippen molar-refractivity contribution in [3.8, 4) is 6.07 Å². The summed E-state index contributed by atoms with van der Waals surface area (Å²) in [5.74, 6) is 0. The van der Waals surface area contributed by atoms with E-state index in [1.54, 1.807) is 6.20 Å². The van der Waals surface area contributed by atoms with Crippen LogP contribution in [0.15, 0.2) is 48.7 Å². The molecule has 0 saturated carbocycles. The zero-order valence-corrected chi connectivity index (χ0v) is 13.9. The first-order valence-electron chi connectivity index (χ1n) is 8.16. The number of benzene rings is 1. The van der Waals surface area contributed by atoms with E-state index >= 15 is 0 Å². The summed E-state index contributed by atoms with van der Waals surface area (Å²) >= 11 is 0. The molecule has 0 radical (unpaired) electrons. The van der Waals surface area contributed by atoms with Crippen molar-refractivity contribution in [3.05, 3.63) is 59.9 Å². The van der Waals surface area contributed by atoms with Gasteiger partial charge in [0.2, 0.25) is 0 Å². The van der Waals surface area contributed by atoms with Gasteiger partial charge in [0.05, 0.1) is 11.3 Å². The van der Waals surface area contributed by atoms with Crippen molar-refractivity contribution in [2.45, 2.75) is 26.7 Å². The van der Waals surface area contributed by atoms with Crippen LogP contribution in [0.4, 0.5) is 5.69 Å². The second-order valence-electron chi connectivity index (χ2n) is 5.46. The molecular weight excluding hydrogens is 282 g/mol. The van der Waals surface area contributed by atoms with Crippen LogP contribution in [-0.4, -0.2) is 18.1 Å². The zero-order valence-electron chi connectivity index (χ0n) is 13.9. The molecule has 1 aromatic carbocycles. The lowest BCUT2D eigenvalue weighted by molar-refractivity contribution is 0.745. The Morgan fingerprint density at radius 1 is 1.09 bits per heavy atom. The maximum Gasteiger partial charge on any atom is 0.101 e. The Morgan fingerprint density at radius 3 is 2.30 bits per heavy atom. The van der Waals surface area contributed by atoms with Gasteiger partial charge in [-0.25, -0.2) is 0 Å². The minimum absolute atomic E-state index is 0.581. The summed E-state index contributed by atoms with van der Waals surface area (Å²) in [4.78, 5) is 6.64. The summed E-state index contributed by atoms with van der Waals surface area (Å²) in [5.41, 5.74) is 3.54. The molecule has 0 spiro atoms. The molecule has 0 atom stereocenters. The SMILES string of the molecule is CCCN(CCC)c1ccc(/C=C(/C#N)c2ccccn2)cc1. The van der Waals surface area contributed by atoms with Crippen LogP contribution in [0.3, 0.4) is 0 Å². The Hall–Kier alpha value is -2.60. The van der Waals surface area contributed by atoms with Gasteiger partial charge in [-0.3, -0.25) is 4.98 Å². The monoisotopic (exact) mass is 305 g/mol. The first-order chi connectivity index (χ1) is 11.3. The van der Waals surface area contributed by atoms with Crippen LogP contribution in [0.2, 0.25) is 0 Å². The second-order valence-corrected chi connectivity index (χ2v) is 5.46. The quantitative estimate of drug-likeness (QED) is 0.692. The molecule has 3 nitrogen and oxygen atoms in total. The molecule has 2 rings (SSSR count). The Bertz CT molecular complexity index is 660. The summed E-state index contributed by atoms with van der Waals surface area (Å²) in [5, 5.41) is 9.36. The van der Waals surface area contributed by atoms with Gasteiger partial charge < -0.3 is 4.90 Å². The third-order valence-corrected chi connectivity index (χ3v) is 3.62. The highest BCUT2D eigenvalue weighted by atomic mass is 15.1. The third-order valence-electron chi connectivity index (χ3n) is 3.62. The van der Waals surface area contributed by atoms with Gasteiger partial charge in [0.15, 0.2) is 0 Å². The third kappa shape index (κ3) is 4.69. The smallest absolute Gasteiger partial charge is 0.101 e. The molecule has 0 aliphatic rings. The Labute approximate surface area is 138 Å². The second kappa shape index (κ2) is 8.75. The number of hydrogen-bond donors (Lipinski definition) is 0. The standard InChI is InChI=1S/C20H23N3/c1-3-13-23(14-4-2)19-10-8-17(9-11-19)15-18(16-21)20-7-5-6-12-22-20/h5-12,15H,3-4,13-14H2,1-2H3/b18-15-. The van der Waals surface area contributed by atoms with E-state index in [1.165, 1.54) is 5.69 Å². The maximum absolute atomic E-state index is 9.36. The van der Waals surface area contributed by atoms with Gasteiger partial charge in [-0.2, -0.15) is 5.26 Å². The average Bonchev–Trinajstić information content (AvgIpc) is 2.61. The minimum Gasteiger partial charge on any atom is -0.372 e. The lowest BCUT2D eigenvalue weighted by Crippen LogP contribution is -2.24. The summed E-state index contributed by atoms with van der Waals surface area (Å²) < 4.78 is 0. The topological polar surface area (TPSA) is 39.9 Å². The predicted octanol–water partition coefficient (Wildman–Crippen LogP) is 4.77. The van der Waals surface area contributed by atoms with Gasteiger partial charge in [0, 0.05) is 25.0 Å². The van der Waals surface area contributed by atoms with Crippen molar-refractivity contribution in [2.75, 3.05) is 18.0 Å². The van der Waals surface area contributed by atoms with Crippen LogP contribution in [-0.2, 0) is 0 Å². The number of allylic oxidation sites excluding steroid dienone is 1. The molecule has 118 valence electrons.